The Hall–Kier alpha value is -2.08. The lowest BCUT2D eigenvalue weighted by Gasteiger charge is -2.27. The zero-order valence-electron chi connectivity index (χ0n) is 13.9. The van der Waals surface area contributed by atoms with Crippen molar-refractivity contribution < 1.29 is 14.4 Å². The van der Waals surface area contributed by atoms with E-state index in [0.29, 0.717) is 10.9 Å². The molecule has 1 aromatic carbocycles. The standard InChI is InChI=1S/C18H22ClN3O3/c19-14-7-3-6-12(8-14)16(11-4-1-2-5-11)22-17(24)13-9-15(23)21-18(25)20-10-13/h3,6-8,11,13,16H,1-2,4-5,9-10H2,(H,22,24)(H2,20,21,23,25)/t13-,16?/m1/s1. The maximum absolute atomic E-state index is 12.8. The highest BCUT2D eigenvalue weighted by Gasteiger charge is 2.32. The fourth-order valence-electron chi connectivity index (χ4n) is 3.65. The van der Waals surface area contributed by atoms with Gasteiger partial charge in [-0.15, -0.1) is 0 Å². The Kier molecular flexibility index (Phi) is 5.58. The van der Waals surface area contributed by atoms with Crippen molar-refractivity contribution in [3.05, 3.63) is 34.9 Å². The van der Waals surface area contributed by atoms with Gasteiger partial charge < -0.3 is 10.6 Å². The van der Waals surface area contributed by atoms with Crippen molar-refractivity contribution in [2.45, 2.75) is 38.1 Å². The minimum absolute atomic E-state index is 0.00247. The number of imide groups is 1. The molecule has 1 unspecified atom stereocenters. The van der Waals surface area contributed by atoms with Crippen LogP contribution in [0.1, 0.15) is 43.7 Å². The molecule has 0 bridgehead atoms. The van der Waals surface area contributed by atoms with Gasteiger partial charge in [0, 0.05) is 18.0 Å². The van der Waals surface area contributed by atoms with Crippen LogP contribution in [-0.4, -0.2) is 24.4 Å². The average molecular weight is 364 g/mol. The number of hydrogen-bond donors (Lipinski definition) is 3. The average Bonchev–Trinajstić information content (AvgIpc) is 3.04. The van der Waals surface area contributed by atoms with E-state index in [2.05, 4.69) is 16.0 Å². The van der Waals surface area contributed by atoms with Crippen molar-refractivity contribution >= 4 is 29.4 Å². The third-order valence-electron chi connectivity index (χ3n) is 4.94. The molecule has 0 spiro atoms. The number of hydrogen-bond acceptors (Lipinski definition) is 3. The molecule has 2 fully saturated rings. The number of nitrogens with one attached hydrogen (secondary N) is 3. The first-order valence-corrected chi connectivity index (χ1v) is 9.04. The molecular formula is C18H22ClN3O3. The summed E-state index contributed by atoms with van der Waals surface area (Å²) in [5.41, 5.74) is 0.981. The quantitative estimate of drug-likeness (QED) is 0.768. The number of carbonyl (C=O) groups excluding carboxylic acids is 3. The maximum atomic E-state index is 12.8. The van der Waals surface area contributed by atoms with Crippen molar-refractivity contribution in [3.8, 4) is 0 Å². The Labute approximate surface area is 151 Å². The zero-order chi connectivity index (χ0) is 17.8. The second kappa shape index (κ2) is 7.87. The van der Waals surface area contributed by atoms with Crippen LogP contribution in [0.15, 0.2) is 24.3 Å². The lowest BCUT2D eigenvalue weighted by molar-refractivity contribution is -0.130. The number of amides is 4. The van der Waals surface area contributed by atoms with E-state index in [0.717, 1.165) is 31.2 Å². The summed E-state index contributed by atoms with van der Waals surface area (Å²) < 4.78 is 0. The summed E-state index contributed by atoms with van der Waals surface area (Å²) in [5.74, 6) is -0.865. The second-order valence-electron chi connectivity index (χ2n) is 6.75. The predicted octanol–water partition coefficient (Wildman–Crippen LogP) is 2.53. The van der Waals surface area contributed by atoms with Gasteiger partial charge in [-0.25, -0.2) is 4.79 Å². The molecule has 2 aliphatic rings. The van der Waals surface area contributed by atoms with Gasteiger partial charge in [-0.2, -0.15) is 0 Å². The third kappa shape index (κ3) is 4.51. The Balaban J connectivity index is 1.76. The maximum Gasteiger partial charge on any atom is 0.321 e. The number of carbonyl (C=O) groups is 3. The SMILES string of the molecule is O=C1C[C@@H](C(=O)NC(c2cccc(Cl)c2)C2CCCC2)CNC(=O)N1. The molecule has 6 nitrogen and oxygen atoms in total. The van der Waals surface area contributed by atoms with Crippen LogP contribution in [-0.2, 0) is 9.59 Å². The number of benzene rings is 1. The summed E-state index contributed by atoms with van der Waals surface area (Å²) in [7, 11) is 0. The van der Waals surface area contributed by atoms with Crippen molar-refractivity contribution in [1.29, 1.82) is 0 Å². The van der Waals surface area contributed by atoms with E-state index in [1.165, 1.54) is 0 Å². The third-order valence-corrected chi connectivity index (χ3v) is 5.18. The summed E-state index contributed by atoms with van der Waals surface area (Å²) in [6, 6.07) is 6.86. The molecule has 0 aromatic heterocycles. The van der Waals surface area contributed by atoms with Crippen molar-refractivity contribution in [2.24, 2.45) is 11.8 Å². The molecule has 1 saturated heterocycles. The lowest BCUT2D eigenvalue weighted by Crippen LogP contribution is -2.41. The summed E-state index contributed by atoms with van der Waals surface area (Å²) >= 11 is 6.12. The van der Waals surface area contributed by atoms with Crippen LogP contribution >= 0.6 is 11.6 Å². The molecule has 4 amide bonds. The van der Waals surface area contributed by atoms with Crippen LogP contribution in [0, 0.1) is 11.8 Å². The van der Waals surface area contributed by atoms with Crippen LogP contribution < -0.4 is 16.0 Å². The Morgan fingerprint density at radius 3 is 2.72 bits per heavy atom. The second-order valence-corrected chi connectivity index (χ2v) is 7.18. The fourth-order valence-corrected chi connectivity index (χ4v) is 3.85. The van der Waals surface area contributed by atoms with E-state index in [1.54, 1.807) is 0 Å². The molecule has 25 heavy (non-hydrogen) atoms. The lowest BCUT2D eigenvalue weighted by atomic mass is 9.90. The Morgan fingerprint density at radius 1 is 1.24 bits per heavy atom. The molecular weight excluding hydrogens is 342 g/mol. The normalized spacial score (nSPS) is 22.7. The van der Waals surface area contributed by atoms with Crippen LogP contribution in [0.25, 0.3) is 0 Å². The number of urea groups is 1. The minimum Gasteiger partial charge on any atom is -0.349 e. The van der Waals surface area contributed by atoms with Gasteiger partial charge >= 0.3 is 6.03 Å². The number of halogens is 1. The van der Waals surface area contributed by atoms with Gasteiger partial charge in [0.05, 0.1) is 12.0 Å². The topological polar surface area (TPSA) is 87.3 Å². The molecule has 1 aliphatic heterocycles. The highest BCUT2D eigenvalue weighted by molar-refractivity contribution is 6.30. The van der Waals surface area contributed by atoms with Crippen LogP contribution in [0.2, 0.25) is 5.02 Å². The first-order valence-electron chi connectivity index (χ1n) is 8.66. The molecule has 0 radical (unpaired) electrons. The largest absolute Gasteiger partial charge is 0.349 e. The summed E-state index contributed by atoms with van der Waals surface area (Å²) in [4.78, 5) is 35.8. The predicted molar refractivity (Wildman–Crippen MR) is 93.9 cm³/mol. The molecule has 1 aromatic rings. The van der Waals surface area contributed by atoms with Crippen molar-refractivity contribution in [1.82, 2.24) is 16.0 Å². The van der Waals surface area contributed by atoms with E-state index in [1.807, 2.05) is 24.3 Å². The van der Waals surface area contributed by atoms with Gasteiger partial charge in [0.1, 0.15) is 0 Å². The molecule has 7 heteroatoms. The summed E-state index contributed by atoms with van der Waals surface area (Å²) in [6.45, 7) is 0.149. The molecule has 134 valence electrons. The van der Waals surface area contributed by atoms with E-state index in [9.17, 15) is 14.4 Å². The molecule has 3 N–H and O–H groups in total. The fraction of sp³-hybridized carbons (Fsp3) is 0.500. The first kappa shape index (κ1) is 17.7. The Morgan fingerprint density at radius 2 is 2.00 bits per heavy atom. The monoisotopic (exact) mass is 363 g/mol. The van der Waals surface area contributed by atoms with E-state index >= 15 is 0 Å². The molecule has 1 aliphatic carbocycles. The smallest absolute Gasteiger partial charge is 0.321 e. The zero-order valence-corrected chi connectivity index (χ0v) is 14.6. The van der Waals surface area contributed by atoms with Gasteiger partial charge in [-0.1, -0.05) is 36.6 Å². The van der Waals surface area contributed by atoms with Gasteiger partial charge in [-0.3, -0.25) is 14.9 Å². The van der Waals surface area contributed by atoms with Gasteiger partial charge in [0.15, 0.2) is 0 Å². The molecule has 1 saturated carbocycles. The Bertz CT molecular complexity index is 673. The summed E-state index contributed by atoms with van der Waals surface area (Å²) in [6.07, 6.45) is 4.41. The van der Waals surface area contributed by atoms with Crippen LogP contribution in [0.4, 0.5) is 4.79 Å². The highest BCUT2D eigenvalue weighted by atomic mass is 35.5. The number of rotatable bonds is 4. The molecule has 1 heterocycles. The van der Waals surface area contributed by atoms with Gasteiger partial charge in [0.2, 0.25) is 11.8 Å². The van der Waals surface area contributed by atoms with Crippen molar-refractivity contribution in [3.63, 3.8) is 0 Å². The van der Waals surface area contributed by atoms with Gasteiger partial charge in [0.25, 0.3) is 0 Å². The van der Waals surface area contributed by atoms with Crippen molar-refractivity contribution in [2.75, 3.05) is 6.54 Å². The van der Waals surface area contributed by atoms with E-state index < -0.39 is 17.9 Å². The highest BCUT2D eigenvalue weighted by Crippen LogP contribution is 2.36. The molecule has 3 rings (SSSR count). The van der Waals surface area contributed by atoms with Gasteiger partial charge in [-0.05, 0) is 36.5 Å². The van der Waals surface area contributed by atoms with E-state index in [-0.39, 0.29) is 24.9 Å². The molecule has 2 atom stereocenters. The van der Waals surface area contributed by atoms with Crippen LogP contribution in [0.5, 0.6) is 0 Å². The summed E-state index contributed by atoms with van der Waals surface area (Å²) in [5, 5.41) is 8.47. The minimum atomic E-state index is -0.575. The first-order chi connectivity index (χ1) is 12.0. The van der Waals surface area contributed by atoms with Crippen LogP contribution in [0.3, 0.4) is 0 Å². The van der Waals surface area contributed by atoms with E-state index in [4.69, 9.17) is 11.6 Å².